The Kier molecular flexibility index (Phi) is 10.2. The van der Waals surface area contributed by atoms with Crippen molar-refractivity contribution in [3.05, 3.63) is 82.9 Å². The Morgan fingerprint density at radius 3 is 2.53 bits per heavy atom. The van der Waals surface area contributed by atoms with E-state index < -0.39 is 5.97 Å². The van der Waals surface area contributed by atoms with Gasteiger partial charge in [-0.05, 0) is 113 Å². The van der Waals surface area contributed by atoms with Gasteiger partial charge in [0.15, 0.2) is 0 Å². The zero-order valence-electron chi connectivity index (χ0n) is 23.0. The predicted molar refractivity (Wildman–Crippen MR) is 161 cm³/mol. The van der Waals surface area contributed by atoms with Gasteiger partial charge in [-0.1, -0.05) is 51.1 Å². The predicted octanol–water partition coefficient (Wildman–Crippen LogP) is 8.19. The van der Waals surface area contributed by atoms with E-state index in [0.29, 0.717) is 0 Å². The van der Waals surface area contributed by atoms with Gasteiger partial charge < -0.3 is 15.2 Å². The van der Waals surface area contributed by atoms with Crippen molar-refractivity contribution in [2.45, 2.75) is 65.3 Å². The highest BCUT2D eigenvalue weighted by Gasteiger charge is 2.43. The first-order valence-corrected chi connectivity index (χ1v) is 15.3. The molecule has 0 radical (unpaired) electrons. The van der Waals surface area contributed by atoms with Crippen LogP contribution >= 0.6 is 11.8 Å². The molecule has 38 heavy (non-hydrogen) atoms. The highest BCUT2D eigenvalue weighted by atomic mass is 32.2. The number of benzene rings is 3. The number of carboxylic acids is 1. The van der Waals surface area contributed by atoms with Crippen LogP contribution < -0.4 is 10.1 Å². The number of aliphatic carboxylic acids is 1. The minimum Gasteiger partial charge on any atom is -0.494 e. The van der Waals surface area contributed by atoms with Crippen LogP contribution in [0.4, 0.5) is 5.69 Å². The molecule has 1 fully saturated rings. The van der Waals surface area contributed by atoms with Crippen molar-refractivity contribution in [2.24, 2.45) is 5.92 Å². The molecule has 3 aromatic rings. The third-order valence-electron chi connectivity index (χ3n) is 7.28. The third-order valence-corrected chi connectivity index (χ3v) is 8.27. The number of anilines is 1. The van der Waals surface area contributed by atoms with Crippen LogP contribution in [0.15, 0.2) is 60.7 Å². The van der Waals surface area contributed by atoms with E-state index in [4.69, 9.17) is 9.84 Å². The summed E-state index contributed by atoms with van der Waals surface area (Å²) < 4.78 is 6.05. The van der Waals surface area contributed by atoms with Gasteiger partial charge in [0.25, 0.3) is 0 Å². The molecule has 4 nitrogen and oxygen atoms in total. The summed E-state index contributed by atoms with van der Waals surface area (Å²) in [5.41, 5.74) is 8.92. The Morgan fingerprint density at radius 1 is 1.00 bits per heavy atom. The lowest BCUT2D eigenvalue weighted by Crippen LogP contribution is -2.02. The molecular weight excluding hydrogens is 490 g/mol. The molecule has 5 rings (SSSR count). The van der Waals surface area contributed by atoms with Gasteiger partial charge >= 0.3 is 5.97 Å². The van der Waals surface area contributed by atoms with Gasteiger partial charge in [-0.3, -0.25) is 4.79 Å². The van der Waals surface area contributed by atoms with E-state index in [1.165, 1.54) is 27.8 Å². The van der Waals surface area contributed by atoms with Gasteiger partial charge in [0, 0.05) is 12.2 Å². The lowest BCUT2D eigenvalue weighted by Gasteiger charge is -2.14. The quantitative estimate of drug-likeness (QED) is 0.244. The van der Waals surface area contributed by atoms with Crippen molar-refractivity contribution in [3.8, 4) is 16.9 Å². The molecule has 2 atom stereocenters. The maximum Gasteiger partial charge on any atom is 0.307 e. The molecule has 2 N–H and O–H groups in total. The Morgan fingerprint density at radius 2 is 1.79 bits per heavy atom. The van der Waals surface area contributed by atoms with Crippen molar-refractivity contribution in [1.29, 1.82) is 0 Å². The van der Waals surface area contributed by atoms with Crippen molar-refractivity contribution >= 4 is 23.4 Å². The van der Waals surface area contributed by atoms with Gasteiger partial charge in [-0.15, -0.1) is 0 Å². The Balaban J connectivity index is 0.00000164. The summed E-state index contributed by atoms with van der Waals surface area (Å²) in [6.45, 7) is 7.72. The zero-order valence-corrected chi connectivity index (χ0v) is 23.8. The maximum absolute atomic E-state index is 11.1. The van der Waals surface area contributed by atoms with Gasteiger partial charge in [0.2, 0.25) is 0 Å². The average molecular weight is 532 g/mol. The second kappa shape index (κ2) is 13.7. The minimum atomic E-state index is -0.683. The summed E-state index contributed by atoms with van der Waals surface area (Å²) in [6, 6.07) is 21.7. The molecule has 0 aromatic heterocycles. The van der Waals surface area contributed by atoms with Crippen molar-refractivity contribution in [2.75, 3.05) is 23.4 Å². The van der Waals surface area contributed by atoms with Crippen molar-refractivity contribution < 1.29 is 14.6 Å². The first-order valence-electron chi connectivity index (χ1n) is 14.1. The summed E-state index contributed by atoms with van der Waals surface area (Å²) in [4.78, 5) is 11.1. The maximum atomic E-state index is 11.1. The summed E-state index contributed by atoms with van der Waals surface area (Å²) in [6.07, 6.45) is 5.17. The smallest absolute Gasteiger partial charge is 0.307 e. The van der Waals surface area contributed by atoms with Crippen LogP contribution in [-0.4, -0.2) is 29.2 Å². The SMILES string of the molecule is CC.CCSCCCOc1ccc2c(c1)CCCc1ccc(CNc3ccc([C@H]4CC4C(=O)O)cc3)cc1-2. The molecule has 2 aliphatic carbocycles. The summed E-state index contributed by atoms with van der Waals surface area (Å²) in [5.74, 6) is 2.59. The second-order valence-corrected chi connectivity index (χ2v) is 11.2. The monoisotopic (exact) mass is 531 g/mol. The van der Waals surface area contributed by atoms with Crippen LogP contribution in [0, 0.1) is 5.92 Å². The third kappa shape index (κ3) is 7.13. The summed E-state index contributed by atoms with van der Waals surface area (Å²) in [5, 5.41) is 12.7. The molecule has 0 saturated heterocycles. The van der Waals surface area contributed by atoms with Gasteiger partial charge in [-0.25, -0.2) is 0 Å². The zero-order chi connectivity index (χ0) is 26.9. The largest absolute Gasteiger partial charge is 0.494 e. The number of carbonyl (C=O) groups is 1. The number of thioether (sulfide) groups is 1. The van der Waals surface area contributed by atoms with E-state index in [2.05, 4.69) is 72.9 Å². The fraction of sp³-hybridized carbons (Fsp3) is 0.424. The standard InChI is InChI=1S/C31H35NO3S.C2H6/c1-2-36-16-4-15-35-26-13-14-27-24(18-26)6-3-5-22-8-7-21(17-28(22)27)20-32-25-11-9-23(10-12-25)29-19-30(29)31(33)34;1-2/h7-14,17-18,29-30,32H,2-6,15-16,19-20H2,1H3,(H,33,34);1-2H3/t29-,30?;/m1./s1. The van der Waals surface area contributed by atoms with Crippen LogP contribution in [0.2, 0.25) is 0 Å². The Hall–Kier alpha value is -2.92. The van der Waals surface area contributed by atoms with Crippen molar-refractivity contribution in [3.63, 3.8) is 0 Å². The van der Waals surface area contributed by atoms with Gasteiger partial charge in [0.1, 0.15) is 5.75 Å². The fourth-order valence-electron chi connectivity index (χ4n) is 5.19. The molecular formula is C33H41NO3S. The van der Waals surface area contributed by atoms with Gasteiger partial charge in [-0.2, -0.15) is 11.8 Å². The Labute approximate surface area is 232 Å². The average Bonchev–Trinajstić information content (AvgIpc) is 3.77. The molecule has 0 amide bonds. The second-order valence-electron chi connectivity index (χ2n) is 9.83. The highest BCUT2D eigenvalue weighted by Crippen LogP contribution is 2.47. The molecule has 3 aromatic carbocycles. The molecule has 0 heterocycles. The minimum absolute atomic E-state index is 0.173. The van der Waals surface area contributed by atoms with E-state index in [0.717, 1.165) is 73.8 Å². The van der Waals surface area contributed by atoms with Crippen molar-refractivity contribution in [1.82, 2.24) is 0 Å². The highest BCUT2D eigenvalue weighted by molar-refractivity contribution is 7.99. The first-order chi connectivity index (χ1) is 18.6. The Bertz CT molecular complexity index is 1210. The van der Waals surface area contributed by atoms with E-state index in [1.54, 1.807) is 0 Å². The van der Waals surface area contributed by atoms with E-state index >= 15 is 0 Å². The van der Waals surface area contributed by atoms with E-state index in [1.807, 2.05) is 25.6 Å². The van der Waals surface area contributed by atoms with E-state index in [-0.39, 0.29) is 11.8 Å². The molecule has 1 saturated carbocycles. The normalized spacial score (nSPS) is 17.2. The number of nitrogens with one attached hydrogen (secondary N) is 1. The lowest BCUT2D eigenvalue weighted by molar-refractivity contribution is -0.138. The van der Waals surface area contributed by atoms with Crippen LogP contribution in [0.25, 0.3) is 11.1 Å². The summed E-state index contributed by atoms with van der Waals surface area (Å²) >= 11 is 1.97. The number of rotatable bonds is 11. The molecule has 5 heteroatoms. The summed E-state index contributed by atoms with van der Waals surface area (Å²) in [7, 11) is 0. The van der Waals surface area contributed by atoms with E-state index in [9.17, 15) is 4.79 Å². The molecule has 0 aliphatic heterocycles. The first kappa shape index (κ1) is 28.1. The van der Waals surface area contributed by atoms with Crippen LogP contribution in [-0.2, 0) is 24.2 Å². The molecule has 0 bridgehead atoms. The fourth-order valence-corrected chi connectivity index (χ4v) is 5.80. The number of hydrogen-bond acceptors (Lipinski definition) is 4. The van der Waals surface area contributed by atoms with Crippen LogP contribution in [0.3, 0.4) is 0 Å². The number of aryl methyl sites for hydroxylation is 2. The number of hydrogen-bond donors (Lipinski definition) is 2. The molecule has 0 spiro atoms. The molecule has 202 valence electrons. The van der Waals surface area contributed by atoms with Crippen LogP contribution in [0.1, 0.15) is 68.2 Å². The van der Waals surface area contributed by atoms with Crippen LogP contribution in [0.5, 0.6) is 5.75 Å². The molecule has 2 aliphatic rings. The number of carboxylic acid groups (broad SMARTS) is 1. The number of ether oxygens (including phenoxy) is 1. The van der Waals surface area contributed by atoms with Gasteiger partial charge in [0.05, 0.1) is 12.5 Å². The topological polar surface area (TPSA) is 58.6 Å². The number of fused-ring (bicyclic) bond motifs is 3. The lowest BCUT2D eigenvalue weighted by atomic mass is 9.94. The molecule has 1 unspecified atom stereocenters.